The summed E-state index contributed by atoms with van der Waals surface area (Å²) in [5, 5.41) is 9.85. The third-order valence-electron chi connectivity index (χ3n) is 3.63. The van der Waals surface area contributed by atoms with E-state index in [0.29, 0.717) is 21.8 Å². The molecular weight excluding hydrogens is 381 g/mol. The maximum absolute atomic E-state index is 13.2. The van der Waals surface area contributed by atoms with Crippen LogP contribution in [0.4, 0.5) is 4.39 Å². The molecule has 0 aliphatic heterocycles. The van der Waals surface area contributed by atoms with E-state index in [-0.39, 0.29) is 11.7 Å². The monoisotopic (exact) mass is 397 g/mol. The molecule has 0 unspecified atom stereocenters. The Labute approximate surface area is 164 Å². The van der Waals surface area contributed by atoms with E-state index >= 15 is 0 Å². The number of aromatic nitrogens is 1. The standard InChI is InChI=1S/C20H16FN3O3S/c1-13(25)24-19(16-6-8-18(9-7-16)27-14(2)26)12-28-20(24)23-22-11-15-4-3-5-17(21)10-15/h3-12H,1-2H3. The van der Waals surface area contributed by atoms with Gasteiger partial charge in [0.05, 0.1) is 11.9 Å². The van der Waals surface area contributed by atoms with E-state index in [2.05, 4.69) is 10.2 Å². The molecule has 0 N–H and O–H groups in total. The molecule has 0 amide bonds. The summed E-state index contributed by atoms with van der Waals surface area (Å²) in [7, 11) is 0. The van der Waals surface area contributed by atoms with Gasteiger partial charge in [-0.15, -0.1) is 16.4 Å². The first kappa shape index (κ1) is 19.4. The van der Waals surface area contributed by atoms with Crippen LogP contribution in [-0.2, 0) is 4.79 Å². The first-order valence-electron chi connectivity index (χ1n) is 8.27. The van der Waals surface area contributed by atoms with Gasteiger partial charge in [-0.25, -0.2) is 4.39 Å². The summed E-state index contributed by atoms with van der Waals surface area (Å²) in [6.07, 6.45) is 1.42. The lowest BCUT2D eigenvalue weighted by Crippen LogP contribution is -2.21. The zero-order valence-corrected chi connectivity index (χ0v) is 15.9. The van der Waals surface area contributed by atoms with E-state index < -0.39 is 5.97 Å². The lowest BCUT2D eigenvalue weighted by atomic mass is 10.1. The minimum Gasteiger partial charge on any atom is -0.427 e. The van der Waals surface area contributed by atoms with Crippen molar-refractivity contribution < 1.29 is 18.7 Å². The number of rotatable bonds is 4. The quantitative estimate of drug-likeness (QED) is 0.290. The Morgan fingerprint density at radius 1 is 1.14 bits per heavy atom. The van der Waals surface area contributed by atoms with Gasteiger partial charge in [0, 0.05) is 19.2 Å². The van der Waals surface area contributed by atoms with Crippen LogP contribution in [0, 0.1) is 5.82 Å². The fourth-order valence-electron chi connectivity index (χ4n) is 2.48. The summed E-state index contributed by atoms with van der Waals surface area (Å²) >= 11 is 1.25. The van der Waals surface area contributed by atoms with E-state index in [1.165, 1.54) is 48.1 Å². The van der Waals surface area contributed by atoms with Crippen LogP contribution >= 0.6 is 11.3 Å². The van der Waals surface area contributed by atoms with E-state index in [9.17, 15) is 14.0 Å². The molecule has 1 aromatic heterocycles. The first-order chi connectivity index (χ1) is 13.4. The van der Waals surface area contributed by atoms with E-state index in [1.54, 1.807) is 41.8 Å². The molecule has 8 heteroatoms. The van der Waals surface area contributed by atoms with Crippen molar-refractivity contribution in [3.05, 3.63) is 70.1 Å². The maximum Gasteiger partial charge on any atom is 0.308 e. The molecule has 0 saturated carbocycles. The predicted molar refractivity (Wildman–Crippen MR) is 105 cm³/mol. The van der Waals surface area contributed by atoms with Crippen molar-refractivity contribution in [3.63, 3.8) is 0 Å². The topological polar surface area (TPSA) is 73.0 Å². The number of nitrogens with zero attached hydrogens (tertiary/aromatic N) is 3. The lowest BCUT2D eigenvalue weighted by molar-refractivity contribution is -0.131. The average molecular weight is 397 g/mol. The summed E-state index contributed by atoms with van der Waals surface area (Å²) < 4.78 is 19.7. The van der Waals surface area contributed by atoms with Crippen LogP contribution in [0.1, 0.15) is 24.2 Å². The number of hydrogen-bond donors (Lipinski definition) is 0. The lowest BCUT2D eigenvalue weighted by Gasteiger charge is -2.06. The highest BCUT2D eigenvalue weighted by Gasteiger charge is 2.12. The van der Waals surface area contributed by atoms with Crippen LogP contribution in [0.15, 0.2) is 64.1 Å². The first-order valence-corrected chi connectivity index (χ1v) is 9.15. The molecule has 2 aromatic carbocycles. The Hall–Kier alpha value is -3.39. The zero-order chi connectivity index (χ0) is 20.1. The van der Waals surface area contributed by atoms with Crippen molar-refractivity contribution in [1.29, 1.82) is 0 Å². The number of esters is 1. The second-order valence-electron chi connectivity index (χ2n) is 5.78. The van der Waals surface area contributed by atoms with Gasteiger partial charge in [0.25, 0.3) is 0 Å². The molecule has 6 nitrogen and oxygen atoms in total. The van der Waals surface area contributed by atoms with Crippen molar-refractivity contribution in [2.75, 3.05) is 0 Å². The summed E-state index contributed by atoms with van der Waals surface area (Å²) in [6, 6.07) is 12.8. The van der Waals surface area contributed by atoms with Gasteiger partial charge in [-0.05, 0) is 47.5 Å². The predicted octanol–water partition coefficient (Wildman–Crippen LogP) is 3.88. The van der Waals surface area contributed by atoms with Gasteiger partial charge >= 0.3 is 5.97 Å². The Balaban J connectivity index is 1.93. The minimum atomic E-state index is -0.403. The van der Waals surface area contributed by atoms with E-state index in [1.807, 2.05) is 0 Å². The van der Waals surface area contributed by atoms with Crippen LogP contribution in [0.5, 0.6) is 5.75 Å². The molecule has 1 heterocycles. The summed E-state index contributed by atoms with van der Waals surface area (Å²) in [4.78, 5) is 23.6. The Bertz CT molecular complexity index is 1110. The van der Waals surface area contributed by atoms with Crippen LogP contribution in [0.3, 0.4) is 0 Å². The normalized spacial score (nSPS) is 11.8. The van der Waals surface area contributed by atoms with Crippen molar-refractivity contribution in [1.82, 2.24) is 4.57 Å². The van der Waals surface area contributed by atoms with Gasteiger partial charge in [0.2, 0.25) is 10.7 Å². The molecule has 0 bridgehead atoms. The van der Waals surface area contributed by atoms with Crippen molar-refractivity contribution >= 4 is 29.4 Å². The SMILES string of the molecule is CC(=O)Oc1ccc(-c2csc(=NN=Cc3cccc(F)c3)n2C(C)=O)cc1. The van der Waals surface area contributed by atoms with Crippen molar-refractivity contribution in [2.45, 2.75) is 13.8 Å². The second kappa shape index (κ2) is 8.53. The van der Waals surface area contributed by atoms with Gasteiger partial charge in [0.1, 0.15) is 11.6 Å². The van der Waals surface area contributed by atoms with Gasteiger partial charge in [-0.2, -0.15) is 5.10 Å². The number of carbonyl (C=O) groups is 2. The molecule has 3 rings (SSSR count). The Morgan fingerprint density at radius 2 is 1.89 bits per heavy atom. The molecule has 0 spiro atoms. The molecule has 0 atom stereocenters. The van der Waals surface area contributed by atoms with Crippen LogP contribution < -0.4 is 9.54 Å². The average Bonchev–Trinajstić information content (AvgIpc) is 3.06. The molecule has 142 valence electrons. The molecule has 0 fully saturated rings. The molecule has 0 radical (unpaired) electrons. The number of thiazole rings is 1. The highest BCUT2D eigenvalue weighted by atomic mass is 32.1. The molecule has 0 aliphatic rings. The summed E-state index contributed by atoms with van der Waals surface area (Å²) in [6.45, 7) is 2.76. The van der Waals surface area contributed by atoms with Crippen molar-refractivity contribution in [2.24, 2.45) is 10.2 Å². The third kappa shape index (κ3) is 4.66. The van der Waals surface area contributed by atoms with E-state index in [0.717, 1.165) is 5.56 Å². The molecule has 0 saturated heterocycles. The zero-order valence-electron chi connectivity index (χ0n) is 15.1. The number of halogens is 1. The van der Waals surface area contributed by atoms with E-state index in [4.69, 9.17) is 4.74 Å². The summed E-state index contributed by atoms with van der Waals surface area (Å²) in [5.74, 6) is -0.567. The van der Waals surface area contributed by atoms with Gasteiger partial charge in [-0.1, -0.05) is 12.1 Å². The second-order valence-corrected chi connectivity index (χ2v) is 6.61. The number of hydrogen-bond acceptors (Lipinski definition) is 6. The van der Waals surface area contributed by atoms with Crippen LogP contribution in [-0.4, -0.2) is 22.7 Å². The van der Waals surface area contributed by atoms with Gasteiger partial charge < -0.3 is 4.74 Å². The van der Waals surface area contributed by atoms with Crippen molar-refractivity contribution in [3.8, 4) is 17.0 Å². The smallest absolute Gasteiger partial charge is 0.308 e. The third-order valence-corrected chi connectivity index (χ3v) is 4.45. The highest BCUT2D eigenvalue weighted by molar-refractivity contribution is 7.07. The number of carbonyl (C=O) groups excluding carboxylic acids is 2. The Morgan fingerprint density at radius 3 is 2.54 bits per heavy atom. The molecule has 3 aromatic rings. The van der Waals surface area contributed by atoms with Gasteiger partial charge in [0.15, 0.2) is 0 Å². The molecule has 28 heavy (non-hydrogen) atoms. The summed E-state index contributed by atoms with van der Waals surface area (Å²) in [5.41, 5.74) is 1.97. The maximum atomic E-state index is 13.2. The largest absolute Gasteiger partial charge is 0.427 e. The number of benzene rings is 2. The fraction of sp³-hybridized carbons (Fsp3) is 0.100. The van der Waals surface area contributed by atoms with Gasteiger partial charge in [-0.3, -0.25) is 14.2 Å². The molecule has 0 aliphatic carbocycles. The fourth-order valence-corrected chi connectivity index (χ4v) is 3.36. The number of ether oxygens (including phenoxy) is 1. The minimum absolute atomic E-state index is 0.222. The van der Waals surface area contributed by atoms with Crippen LogP contribution in [0.25, 0.3) is 11.3 Å². The molecular formula is C20H16FN3O3S. The Kier molecular flexibility index (Phi) is 5.90. The van der Waals surface area contributed by atoms with Crippen LogP contribution in [0.2, 0.25) is 0 Å². The highest BCUT2D eigenvalue weighted by Crippen LogP contribution is 2.23.